The fraction of sp³-hybridized carbons (Fsp3) is 0.450. The van der Waals surface area contributed by atoms with Crippen molar-refractivity contribution in [3.8, 4) is 0 Å². The number of rotatable bonds is 10. The summed E-state index contributed by atoms with van der Waals surface area (Å²) < 4.78 is 10.5. The molecule has 0 saturated carbocycles. The molecule has 27 heavy (non-hydrogen) atoms. The quantitative estimate of drug-likeness (QED) is 0.647. The molecule has 0 spiro atoms. The van der Waals surface area contributed by atoms with E-state index in [1.165, 1.54) is 0 Å². The maximum absolute atomic E-state index is 12.9. The molecule has 0 aliphatic rings. The standard InChI is InChI=1S/C20H27N3O4/c1-15-13-18(16(2)27-15)20(25)23(10-4-12-26-3)11-7-19(24)22-14-17-5-8-21-9-6-17/h5-6,8-9,13H,4,7,10-12,14H2,1-3H3,(H,22,24). The zero-order valence-corrected chi connectivity index (χ0v) is 16.2. The van der Waals surface area contributed by atoms with E-state index in [1.807, 2.05) is 19.1 Å². The summed E-state index contributed by atoms with van der Waals surface area (Å²) in [6, 6.07) is 5.44. The van der Waals surface area contributed by atoms with Crippen molar-refractivity contribution < 1.29 is 18.7 Å². The molecule has 2 heterocycles. The number of ether oxygens (including phenoxy) is 1. The monoisotopic (exact) mass is 373 g/mol. The van der Waals surface area contributed by atoms with E-state index < -0.39 is 0 Å². The Morgan fingerprint density at radius 1 is 1.22 bits per heavy atom. The number of nitrogens with one attached hydrogen (secondary N) is 1. The molecular formula is C20H27N3O4. The van der Waals surface area contributed by atoms with Crippen LogP contribution in [0.3, 0.4) is 0 Å². The molecule has 2 rings (SSSR count). The van der Waals surface area contributed by atoms with Crippen molar-refractivity contribution in [3.05, 3.63) is 53.2 Å². The van der Waals surface area contributed by atoms with Crippen LogP contribution in [0.1, 0.15) is 40.3 Å². The van der Waals surface area contributed by atoms with Crippen LogP contribution >= 0.6 is 0 Å². The molecule has 146 valence electrons. The van der Waals surface area contributed by atoms with Crippen molar-refractivity contribution in [2.75, 3.05) is 26.8 Å². The Kier molecular flexibility index (Phi) is 8.00. The van der Waals surface area contributed by atoms with Gasteiger partial charge in [0.2, 0.25) is 5.91 Å². The molecule has 0 fully saturated rings. The molecule has 0 unspecified atom stereocenters. The summed E-state index contributed by atoms with van der Waals surface area (Å²) in [5.41, 5.74) is 1.53. The van der Waals surface area contributed by atoms with Crippen LogP contribution in [0.15, 0.2) is 35.0 Å². The predicted molar refractivity (Wildman–Crippen MR) is 101 cm³/mol. The molecule has 2 amide bonds. The first kappa shape index (κ1) is 20.6. The average molecular weight is 373 g/mol. The van der Waals surface area contributed by atoms with Gasteiger partial charge in [-0.25, -0.2) is 0 Å². The lowest BCUT2D eigenvalue weighted by Crippen LogP contribution is -2.36. The molecular weight excluding hydrogens is 346 g/mol. The summed E-state index contributed by atoms with van der Waals surface area (Å²) in [6.45, 7) is 5.45. The maximum Gasteiger partial charge on any atom is 0.257 e. The summed E-state index contributed by atoms with van der Waals surface area (Å²) >= 11 is 0. The molecule has 1 N–H and O–H groups in total. The van der Waals surface area contributed by atoms with Crippen LogP contribution < -0.4 is 5.32 Å². The van der Waals surface area contributed by atoms with Crippen LogP contribution in [-0.4, -0.2) is 48.5 Å². The Bertz CT molecular complexity index is 743. The third-order valence-corrected chi connectivity index (χ3v) is 4.18. The second-order valence-electron chi connectivity index (χ2n) is 6.35. The minimum Gasteiger partial charge on any atom is -0.466 e. The smallest absolute Gasteiger partial charge is 0.257 e. The van der Waals surface area contributed by atoms with Crippen molar-refractivity contribution in [1.82, 2.24) is 15.2 Å². The number of nitrogens with zero attached hydrogens (tertiary/aromatic N) is 2. The first-order valence-corrected chi connectivity index (χ1v) is 9.02. The maximum atomic E-state index is 12.9. The molecule has 2 aromatic rings. The van der Waals surface area contributed by atoms with E-state index in [9.17, 15) is 9.59 Å². The largest absolute Gasteiger partial charge is 0.466 e. The Labute approximate surface area is 159 Å². The van der Waals surface area contributed by atoms with Gasteiger partial charge in [-0.2, -0.15) is 0 Å². The van der Waals surface area contributed by atoms with E-state index in [-0.39, 0.29) is 18.2 Å². The van der Waals surface area contributed by atoms with E-state index in [0.29, 0.717) is 49.7 Å². The van der Waals surface area contributed by atoms with Gasteiger partial charge < -0.3 is 19.4 Å². The molecule has 0 radical (unpaired) electrons. The van der Waals surface area contributed by atoms with Gasteiger partial charge in [-0.1, -0.05) is 0 Å². The molecule has 7 heteroatoms. The van der Waals surface area contributed by atoms with E-state index in [1.54, 1.807) is 37.4 Å². The summed E-state index contributed by atoms with van der Waals surface area (Å²) in [6.07, 6.45) is 4.32. The molecule has 7 nitrogen and oxygen atoms in total. The van der Waals surface area contributed by atoms with Crippen LogP contribution in [0.25, 0.3) is 0 Å². The Hall–Kier alpha value is -2.67. The number of aryl methyl sites for hydroxylation is 2. The Morgan fingerprint density at radius 3 is 2.59 bits per heavy atom. The highest BCUT2D eigenvalue weighted by atomic mass is 16.5. The van der Waals surface area contributed by atoms with Gasteiger partial charge >= 0.3 is 0 Å². The number of hydrogen-bond acceptors (Lipinski definition) is 5. The third kappa shape index (κ3) is 6.53. The number of pyridine rings is 1. The minimum atomic E-state index is -0.123. The fourth-order valence-electron chi connectivity index (χ4n) is 2.75. The van der Waals surface area contributed by atoms with Crippen molar-refractivity contribution in [2.45, 2.75) is 33.2 Å². The van der Waals surface area contributed by atoms with Gasteiger partial charge in [-0.3, -0.25) is 14.6 Å². The number of carbonyl (C=O) groups is 2. The summed E-state index contributed by atoms with van der Waals surface area (Å²) in [5, 5.41) is 2.87. The Balaban J connectivity index is 1.92. The van der Waals surface area contributed by atoms with E-state index in [2.05, 4.69) is 10.3 Å². The summed E-state index contributed by atoms with van der Waals surface area (Å²) in [5.74, 6) is 1.07. The Morgan fingerprint density at radius 2 is 1.96 bits per heavy atom. The molecule has 0 bridgehead atoms. The van der Waals surface area contributed by atoms with Crippen LogP contribution in [0.5, 0.6) is 0 Å². The SMILES string of the molecule is COCCCN(CCC(=O)NCc1ccncc1)C(=O)c1cc(C)oc1C. The topological polar surface area (TPSA) is 84.7 Å². The molecule has 0 aromatic carbocycles. The highest BCUT2D eigenvalue weighted by Crippen LogP contribution is 2.16. The van der Waals surface area contributed by atoms with Crippen molar-refractivity contribution in [1.29, 1.82) is 0 Å². The van der Waals surface area contributed by atoms with Gasteiger partial charge in [-0.05, 0) is 44.0 Å². The second-order valence-corrected chi connectivity index (χ2v) is 6.35. The van der Waals surface area contributed by atoms with Gasteiger partial charge in [-0.15, -0.1) is 0 Å². The minimum absolute atomic E-state index is 0.101. The zero-order valence-electron chi connectivity index (χ0n) is 16.2. The lowest BCUT2D eigenvalue weighted by atomic mass is 10.2. The van der Waals surface area contributed by atoms with Gasteiger partial charge in [0, 0.05) is 52.2 Å². The molecule has 0 saturated heterocycles. The van der Waals surface area contributed by atoms with Crippen LogP contribution in [-0.2, 0) is 16.1 Å². The number of furan rings is 1. The van der Waals surface area contributed by atoms with Gasteiger partial charge in [0.25, 0.3) is 5.91 Å². The third-order valence-electron chi connectivity index (χ3n) is 4.18. The van der Waals surface area contributed by atoms with Crippen LogP contribution in [0.4, 0.5) is 0 Å². The van der Waals surface area contributed by atoms with Gasteiger partial charge in [0.15, 0.2) is 0 Å². The number of aromatic nitrogens is 1. The van der Waals surface area contributed by atoms with E-state index in [0.717, 1.165) is 5.56 Å². The average Bonchev–Trinajstić information content (AvgIpc) is 3.01. The fourth-order valence-corrected chi connectivity index (χ4v) is 2.75. The van der Waals surface area contributed by atoms with Gasteiger partial charge in [0.05, 0.1) is 5.56 Å². The number of methoxy groups -OCH3 is 1. The highest BCUT2D eigenvalue weighted by Gasteiger charge is 2.21. The molecule has 0 aliphatic carbocycles. The number of carbonyl (C=O) groups excluding carboxylic acids is 2. The first-order valence-electron chi connectivity index (χ1n) is 9.02. The number of hydrogen-bond donors (Lipinski definition) is 1. The van der Waals surface area contributed by atoms with E-state index >= 15 is 0 Å². The lowest BCUT2D eigenvalue weighted by molar-refractivity contribution is -0.121. The van der Waals surface area contributed by atoms with Gasteiger partial charge in [0.1, 0.15) is 11.5 Å². The summed E-state index contributed by atoms with van der Waals surface area (Å²) in [4.78, 5) is 30.7. The van der Waals surface area contributed by atoms with Crippen molar-refractivity contribution in [3.63, 3.8) is 0 Å². The van der Waals surface area contributed by atoms with Crippen LogP contribution in [0, 0.1) is 13.8 Å². The zero-order chi connectivity index (χ0) is 19.6. The molecule has 0 atom stereocenters. The molecule has 0 aliphatic heterocycles. The predicted octanol–water partition coefficient (Wildman–Crippen LogP) is 2.48. The van der Waals surface area contributed by atoms with E-state index in [4.69, 9.17) is 9.15 Å². The van der Waals surface area contributed by atoms with Crippen molar-refractivity contribution >= 4 is 11.8 Å². The van der Waals surface area contributed by atoms with Crippen molar-refractivity contribution in [2.24, 2.45) is 0 Å². The first-order chi connectivity index (χ1) is 13.0. The normalized spacial score (nSPS) is 10.6. The highest BCUT2D eigenvalue weighted by molar-refractivity contribution is 5.95. The van der Waals surface area contributed by atoms with Crippen LogP contribution in [0.2, 0.25) is 0 Å². The second kappa shape index (κ2) is 10.5. The molecule has 2 aromatic heterocycles. The lowest BCUT2D eigenvalue weighted by Gasteiger charge is -2.22. The summed E-state index contributed by atoms with van der Waals surface area (Å²) in [7, 11) is 1.63. The number of amides is 2.